The lowest BCUT2D eigenvalue weighted by atomic mass is 9.99. The van der Waals surface area contributed by atoms with E-state index in [0.717, 1.165) is 16.7 Å². The van der Waals surface area contributed by atoms with E-state index < -0.39 is 24.0 Å². The van der Waals surface area contributed by atoms with Gasteiger partial charge in [0.25, 0.3) is 0 Å². The molecule has 5 heteroatoms. The average Bonchev–Trinajstić information content (AvgIpc) is 3.11. The van der Waals surface area contributed by atoms with Crippen molar-refractivity contribution in [3.05, 3.63) is 84.2 Å². The van der Waals surface area contributed by atoms with Gasteiger partial charge in [-0.15, -0.1) is 0 Å². The van der Waals surface area contributed by atoms with E-state index in [9.17, 15) is 14.4 Å². The van der Waals surface area contributed by atoms with Crippen molar-refractivity contribution in [2.75, 3.05) is 0 Å². The van der Waals surface area contributed by atoms with Crippen LogP contribution in [0.1, 0.15) is 22.5 Å². The van der Waals surface area contributed by atoms with E-state index in [-0.39, 0.29) is 0 Å². The van der Waals surface area contributed by atoms with Crippen molar-refractivity contribution in [1.82, 2.24) is 4.57 Å². The number of Topliss-reactive ketones (excluding diaryl/α,β-unsaturated/α-hetero) is 2. The van der Waals surface area contributed by atoms with Gasteiger partial charge >= 0.3 is 5.97 Å². The van der Waals surface area contributed by atoms with Crippen molar-refractivity contribution in [2.24, 2.45) is 0 Å². The number of carbonyl (C=O) groups is 3. The lowest BCUT2D eigenvalue weighted by molar-refractivity contribution is -0.148. The van der Waals surface area contributed by atoms with Gasteiger partial charge in [0, 0.05) is 12.7 Å². The summed E-state index contributed by atoms with van der Waals surface area (Å²) in [6.07, 6.45) is 1.11. The van der Waals surface area contributed by atoms with Gasteiger partial charge in [0.05, 0.1) is 12.1 Å². The summed E-state index contributed by atoms with van der Waals surface area (Å²) < 4.78 is 1.74. The normalized spacial score (nSPS) is 10.5. The molecule has 0 unspecified atom stereocenters. The summed E-state index contributed by atoms with van der Waals surface area (Å²) in [5.74, 6) is -3.20. The van der Waals surface area contributed by atoms with Gasteiger partial charge in [0.1, 0.15) is 0 Å². The first-order valence-corrected chi connectivity index (χ1v) is 8.14. The molecule has 1 N–H and O–H groups in total. The lowest BCUT2D eigenvalue weighted by Crippen LogP contribution is -2.19. The van der Waals surface area contributed by atoms with Crippen molar-refractivity contribution in [3.63, 3.8) is 0 Å². The number of carboxylic acids is 1. The van der Waals surface area contributed by atoms with Gasteiger partial charge in [0.2, 0.25) is 5.78 Å². The van der Waals surface area contributed by atoms with Crippen molar-refractivity contribution < 1.29 is 19.5 Å². The van der Waals surface area contributed by atoms with Crippen LogP contribution >= 0.6 is 0 Å². The molecule has 0 saturated heterocycles. The van der Waals surface area contributed by atoms with E-state index in [1.165, 1.54) is 0 Å². The second-order valence-corrected chi connectivity index (χ2v) is 5.87. The molecule has 0 spiro atoms. The molecule has 1 aromatic heterocycles. The second-order valence-electron chi connectivity index (χ2n) is 5.87. The fourth-order valence-corrected chi connectivity index (χ4v) is 2.86. The van der Waals surface area contributed by atoms with E-state index in [1.807, 2.05) is 54.6 Å². The maximum absolute atomic E-state index is 12.3. The van der Waals surface area contributed by atoms with Crippen LogP contribution in [0.3, 0.4) is 0 Å². The zero-order valence-corrected chi connectivity index (χ0v) is 14.0. The predicted octanol–water partition coefficient (Wildman–Crippen LogP) is 3.43. The highest BCUT2D eigenvalue weighted by atomic mass is 16.4. The number of benzene rings is 2. The van der Waals surface area contributed by atoms with Crippen LogP contribution in [0, 0.1) is 0 Å². The number of hydrogen-bond acceptors (Lipinski definition) is 3. The van der Waals surface area contributed by atoms with Gasteiger partial charge in [-0.25, -0.2) is 4.79 Å². The Morgan fingerprint density at radius 1 is 0.846 bits per heavy atom. The Labute approximate surface area is 150 Å². The third-order valence-electron chi connectivity index (χ3n) is 4.12. The summed E-state index contributed by atoms with van der Waals surface area (Å²) in [6.45, 7) is 0.445. The number of aromatic nitrogens is 1. The van der Waals surface area contributed by atoms with Crippen molar-refractivity contribution in [2.45, 2.75) is 13.0 Å². The number of aliphatic carboxylic acids is 1. The first-order chi connectivity index (χ1) is 12.6. The van der Waals surface area contributed by atoms with Crippen LogP contribution in [0.25, 0.3) is 11.1 Å². The molecule has 5 nitrogen and oxygen atoms in total. The molecule has 0 aliphatic rings. The first-order valence-electron chi connectivity index (χ1n) is 8.14. The Bertz CT molecular complexity index is 957. The van der Waals surface area contributed by atoms with Gasteiger partial charge in [0.15, 0.2) is 5.78 Å². The SMILES string of the molecule is O=C(O)C(=O)CC(=O)c1cccn1Cc1ccccc1-c1ccccc1. The Morgan fingerprint density at radius 3 is 2.27 bits per heavy atom. The second kappa shape index (κ2) is 7.61. The fourth-order valence-electron chi connectivity index (χ4n) is 2.86. The van der Waals surface area contributed by atoms with Crippen LogP contribution in [-0.4, -0.2) is 27.2 Å². The summed E-state index contributed by atoms with van der Waals surface area (Å²) in [5.41, 5.74) is 3.47. The number of carboxylic acid groups (broad SMARTS) is 1. The molecule has 0 radical (unpaired) electrons. The summed E-state index contributed by atoms with van der Waals surface area (Å²) in [6, 6.07) is 21.1. The zero-order valence-electron chi connectivity index (χ0n) is 14.0. The quantitative estimate of drug-likeness (QED) is 0.404. The first kappa shape index (κ1) is 17.4. The number of nitrogens with zero attached hydrogens (tertiary/aromatic N) is 1. The Balaban J connectivity index is 1.88. The molecule has 0 atom stereocenters. The molecule has 0 aliphatic heterocycles. The molecule has 3 rings (SSSR count). The maximum atomic E-state index is 12.3. The topological polar surface area (TPSA) is 76.4 Å². The maximum Gasteiger partial charge on any atom is 0.372 e. The molecule has 0 aliphatic carbocycles. The van der Waals surface area contributed by atoms with E-state index in [4.69, 9.17) is 5.11 Å². The lowest BCUT2D eigenvalue weighted by Gasteiger charge is -2.13. The zero-order chi connectivity index (χ0) is 18.5. The number of ketones is 2. The molecule has 2 aromatic carbocycles. The van der Waals surface area contributed by atoms with Crippen molar-refractivity contribution >= 4 is 17.5 Å². The van der Waals surface area contributed by atoms with Crippen molar-refractivity contribution in [1.29, 1.82) is 0 Å². The summed E-state index contributed by atoms with van der Waals surface area (Å²) in [5, 5.41) is 8.69. The van der Waals surface area contributed by atoms with Crippen LogP contribution in [0.4, 0.5) is 0 Å². The fraction of sp³-hybridized carbons (Fsp3) is 0.0952. The van der Waals surface area contributed by atoms with Crippen LogP contribution in [-0.2, 0) is 16.1 Å². The molecule has 26 heavy (non-hydrogen) atoms. The van der Waals surface area contributed by atoms with E-state index >= 15 is 0 Å². The molecule has 1 heterocycles. The summed E-state index contributed by atoms with van der Waals surface area (Å²) in [7, 11) is 0. The highest BCUT2D eigenvalue weighted by Crippen LogP contribution is 2.24. The molecular formula is C21H17NO4. The molecule has 3 aromatic rings. The van der Waals surface area contributed by atoms with E-state index in [0.29, 0.717) is 12.2 Å². The van der Waals surface area contributed by atoms with Gasteiger partial charge in [-0.1, -0.05) is 54.6 Å². The standard InChI is InChI=1S/C21H17NO4/c23-19(13-20(24)21(25)26)18-11-6-12-22(18)14-16-9-4-5-10-17(16)15-7-2-1-3-8-15/h1-12H,13-14H2,(H,25,26). The Morgan fingerprint density at radius 2 is 1.54 bits per heavy atom. The number of carbonyl (C=O) groups excluding carboxylic acids is 2. The Hall–Kier alpha value is -3.47. The summed E-state index contributed by atoms with van der Waals surface area (Å²) >= 11 is 0. The van der Waals surface area contributed by atoms with Crippen LogP contribution in [0.2, 0.25) is 0 Å². The molecule has 0 fully saturated rings. The minimum absolute atomic E-state index is 0.322. The molecule has 130 valence electrons. The van der Waals surface area contributed by atoms with E-state index in [2.05, 4.69) is 0 Å². The molecule has 0 bridgehead atoms. The molecule has 0 saturated carbocycles. The van der Waals surface area contributed by atoms with Gasteiger partial charge in [-0.3, -0.25) is 9.59 Å². The monoisotopic (exact) mass is 347 g/mol. The van der Waals surface area contributed by atoms with Crippen molar-refractivity contribution in [3.8, 4) is 11.1 Å². The Kier molecular flexibility index (Phi) is 5.08. The van der Waals surface area contributed by atoms with Gasteiger partial charge in [-0.05, 0) is 28.8 Å². The predicted molar refractivity (Wildman–Crippen MR) is 97.0 cm³/mol. The third-order valence-corrected chi connectivity index (χ3v) is 4.12. The third kappa shape index (κ3) is 3.78. The summed E-state index contributed by atoms with van der Waals surface area (Å²) in [4.78, 5) is 34.3. The van der Waals surface area contributed by atoms with Crippen LogP contribution < -0.4 is 0 Å². The minimum Gasteiger partial charge on any atom is -0.475 e. The smallest absolute Gasteiger partial charge is 0.372 e. The number of rotatable bonds is 7. The molecule has 0 amide bonds. The van der Waals surface area contributed by atoms with Gasteiger partial charge < -0.3 is 9.67 Å². The average molecular weight is 347 g/mol. The highest BCUT2D eigenvalue weighted by molar-refractivity contribution is 6.37. The molecular weight excluding hydrogens is 330 g/mol. The minimum atomic E-state index is -1.59. The number of hydrogen-bond donors (Lipinski definition) is 1. The van der Waals surface area contributed by atoms with E-state index in [1.54, 1.807) is 22.9 Å². The van der Waals surface area contributed by atoms with Gasteiger partial charge in [-0.2, -0.15) is 0 Å². The van der Waals surface area contributed by atoms with Crippen LogP contribution in [0.5, 0.6) is 0 Å². The highest BCUT2D eigenvalue weighted by Gasteiger charge is 2.20. The van der Waals surface area contributed by atoms with Crippen LogP contribution in [0.15, 0.2) is 72.9 Å². The largest absolute Gasteiger partial charge is 0.475 e.